The molecule has 0 bridgehead atoms. The van der Waals surface area contributed by atoms with E-state index in [0.717, 1.165) is 16.9 Å². The van der Waals surface area contributed by atoms with Gasteiger partial charge in [0.05, 0.1) is 31.2 Å². The Labute approximate surface area is 175 Å². The highest BCUT2D eigenvalue weighted by molar-refractivity contribution is 7.20. The summed E-state index contributed by atoms with van der Waals surface area (Å²) >= 11 is 7.52. The van der Waals surface area contributed by atoms with Crippen molar-refractivity contribution in [2.75, 3.05) is 20.8 Å². The molecule has 9 heteroatoms. The second-order valence-electron chi connectivity index (χ2n) is 5.98. The van der Waals surface area contributed by atoms with E-state index in [2.05, 4.69) is 9.97 Å². The Hall–Kier alpha value is -2.84. The van der Waals surface area contributed by atoms with Crippen LogP contribution in [0.3, 0.4) is 0 Å². The lowest BCUT2D eigenvalue weighted by Gasteiger charge is -2.10. The lowest BCUT2D eigenvalue weighted by atomic mass is 10.2. The largest absolute Gasteiger partial charge is 0.493 e. The number of hydrogen-bond acceptors (Lipinski definition) is 7. The van der Waals surface area contributed by atoms with Gasteiger partial charge in [0.25, 0.3) is 5.56 Å². The number of methoxy groups -OCH3 is 2. The van der Waals surface area contributed by atoms with Crippen LogP contribution in [0, 0.1) is 6.92 Å². The first-order chi connectivity index (χ1) is 13.9. The molecule has 0 unspecified atom stereocenters. The van der Waals surface area contributed by atoms with Gasteiger partial charge in [0.2, 0.25) is 0 Å². The van der Waals surface area contributed by atoms with Gasteiger partial charge < -0.3 is 19.2 Å². The van der Waals surface area contributed by atoms with Gasteiger partial charge in [-0.25, -0.2) is 9.78 Å². The van der Waals surface area contributed by atoms with E-state index in [1.165, 1.54) is 7.11 Å². The third kappa shape index (κ3) is 4.13. The molecular formula is C20H19ClN2O5S. The average Bonchev–Trinajstić information content (AvgIpc) is 3.05. The van der Waals surface area contributed by atoms with E-state index in [4.69, 9.17) is 25.8 Å². The molecular weight excluding hydrogens is 416 g/mol. The van der Waals surface area contributed by atoms with E-state index in [-0.39, 0.29) is 16.4 Å². The quantitative estimate of drug-likeness (QED) is 0.584. The fourth-order valence-electron chi connectivity index (χ4n) is 2.81. The van der Waals surface area contributed by atoms with Gasteiger partial charge in [-0.1, -0.05) is 17.7 Å². The van der Waals surface area contributed by atoms with Gasteiger partial charge in [-0.3, -0.25) is 4.79 Å². The van der Waals surface area contributed by atoms with Crippen molar-refractivity contribution in [2.24, 2.45) is 0 Å². The van der Waals surface area contributed by atoms with Crippen LogP contribution >= 0.6 is 22.9 Å². The summed E-state index contributed by atoms with van der Waals surface area (Å²) in [6, 6.07) is 5.36. The molecule has 2 aromatic heterocycles. The fourth-order valence-corrected chi connectivity index (χ4v) is 4.13. The highest BCUT2D eigenvalue weighted by atomic mass is 35.5. The molecule has 0 aliphatic carbocycles. The number of aromatic nitrogens is 2. The summed E-state index contributed by atoms with van der Waals surface area (Å²) in [4.78, 5) is 32.3. The highest BCUT2D eigenvalue weighted by Gasteiger charge is 2.20. The van der Waals surface area contributed by atoms with Crippen LogP contribution in [0.25, 0.3) is 21.3 Å². The lowest BCUT2D eigenvalue weighted by Crippen LogP contribution is -2.10. The molecule has 3 aromatic rings. The van der Waals surface area contributed by atoms with Crippen LogP contribution in [0.1, 0.15) is 33.5 Å². The summed E-state index contributed by atoms with van der Waals surface area (Å²) in [6.45, 7) is 4.05. The van der Waals surface area contributed by atoms with Crippen molar-refractivity contribution >= 4 is 50.2 Å². The first-order valence-corrected chi connectivity index (χ1v) is 9.89. The second kappa shape index (κ2) is 8.67. The minimum atomic E-state index is -0.505. The van der Waals surface area contributed by atoms with Crippen LogP contribution in [-0.4, -0.2) is 36.8 Å². The number of thiophene rings is 1. The third-order valence-corrected chi connectivity index (χ3v) is 5.63. The molecule has 152 valence electrons. The zero-order valence-electron chi connectivity index (χ0n) is 16.3. The maximum absolute atomic E-state index is 12.6. The molecule has 0 radical (unpaired) electrons. The molecule has 1 aromatic carbocycles. The van der Waals surface area contributed by atoms with E-state index in [9.17, 15) is 9.59 Å². The summed E-state index contributed by atoms with van der Waals surface area (Å²) in [6.07, 6.45) is 1.66. The summed E-state index contributed by atoms with van der Waals surface area (Å²) in [5.41, 5.74) is 0.915. The Balaban J connectivity index is 2.05. The first-order valence-electron chi connectivity index (χ1n) is 8.69. The number of fused-ring (bicyclic) bond motifs is 1. The van der Waals surface area contributed by atoms with Gasteiger partial charge in [-0.05, 0) is 43.2 Å². The number of nitrogens with one attached hydrogen (secondary N) is 1. The number of ether oxygens (including phenoxy) is 3. The predicted molar refractivity (Wildman–Crippen MR) is 114 cm³/mol. The van der Waals surface area contributed by atoms with E-state index in [1.807, 2.05) is 13.0 Å². The number of esters is 1. The molecule has 29 heavy (non-hydrogen) atoms. The number of benzene rings is 1. The smallest absolute Gasteiger partial charge is 0.348 e. The average molecular weight is 435 g/mol. The van der Waals surface area contributed by atoms with Crippen LogP contribution in [0.4, 0.5) is 0 Å². The van der Waals surface area contributed by atoms with Gasteiger partial charge in [-0.2, -0.15) is 0 Å². The summed E-state index contributed by atoms with van der Waals surface area (Å²) < 4.78 is 15.6. The van der Waals surface area contributed by atoms with Gasteiger partial charge in [-0.15, -0.1) is 11.3 Å². The maximum Gasteiger partial charge on any atom is 0.348 e. The zero-order chi connectivity index (χ0) is 21.1. The Bertz CT molecular complexity index is 1170. The van der Waals surface area contributed by atoms with Gasteiger partial charge in [0.1, 0.15) is 9.71 Å². The van der Waals surface area contributed by atoms with Crippen LogP contribution in [0.2, 0.25) is 0 Å². The molecule has 7 nitrogen and oxygen atoms in total. The number of rotatable bonds is 6. The van der Waals surface area contributed by atoms with Crippen molar-refractivity contribution < 1.29 is 19.0 Å². The molecule has 0 spiro atoms. The number of halogens is 1. The Kier molecular flexibility index (Phi) is 6.24. The Morgan fingerprint density at radius 1 is 1.31 bits per heavy atom. The molecule has 0 atom stereocenters. The summed E-state index contributed by atoms with van der Waals surface area (Å²) in [7, 11) is 2.86. The van der Waals surface area contributed by atoms with Gasteiger partial charge >= 0.3 is 5.97 Å². The SMILES string of the molecule is CCOc1cc(/C=C(\Cl)c2nc3sc(C(=O)OC)c(C)c3c(=O)[nH]2)ccc1OC. The molecule has 0 aliphatic rings. The number of carbonyl (C=O) groups is 1. The van der Waals surface area contributed by atoms with Crippen molar-refractivity contribution in [1.82, 2.24) is 9.97 Å². The van der Waals surface area contributed by atoms with Crippen molar-refractivity contribution in [3.8, 4) is 11.5 Å². The Morgan fingerprint density at radius 3 is 2.72 bits per heavy atom. The van der Waals surface area contributed by atoms with Crippen molar-refractivity contribution in [1.29, 1.82) is 0 Å². The van der Waals surface area contributed by atoms with Crippen LogP contribution in [0.15, 0.2) is 23.0 Å². The normalized spacial score (nSPS) is 11.6. The number of H-pyrrole nitrogens is 1. The molecule has 2 heterocycles. The van der Waals surface area contributed by atoms with Gasteiger partial charge in [0, 0.05) is 0 Å². The molecule has 0 amide bonds. The molecule has 0 fully saturated rings. The van der Waals surface area contributed by atoms with Crippen LogP contribution in [-0.2, 0) is 4.74 Å². The summed E-state index contributed by atoms with van der Waals surface area (Å²) in [5, 5.41) is 0.592. The van der Waals surface area contributed by atoms with E-state index >= 15 is 0 Å². The second-order valence-corrected chi connectivity index (χ2v) is 7.38. The number of nitrogens with zero attached hydrogens (tertiary/aromatic N) is 1. The minimum Gasteiger partial charge on any atom is -0.493 e. The molecule has 0 aliphatic heterocycles. The Morgan fingerprint density at radius 2 is 2.07 bits per heavy atom. The van der Waals surface area contributed by atoms with E-state index in [1.54, 1.807) is 32.2 Å². The van der Waals surface area contributed by atoms with Gasteiger partial charge in [0.15, 0.2) is 17.3 Å². The van der Waals surface area contributed by atoms with E-state index in [0.29, 0.717) is 38.8 Å². The summed E-state index contributed by atoms with van der Waals surface area (Å²) in [5.74, 6) is 0.893. The topological polar surface area (TPSA) is 90.5 Å². The number of carbonyl (C=O) groups excluding carboxylic acids is 1. The number of hydrogen-bond donors (Lipinski definition) is 1. The number of aromatic amines is 1. The fraction of sp³-hybridized carbons (Fsp3) is 0.250. The first kappa shape index (κ1) is 20.9. The molecule has 3 rings (SSSR count). The van der Waals surface area contributed by atoms with Crippen LogP contribution in [0.5, 0.6) is 11.5 Å². The van der Waals surface area contributed by atoms with Crippen molar-refractivity contribution in [3.63, 3.8) is 0 Å². The molecule has 1 N–H and O–H groups in total. The third-order valence-electron chi connectivity index (χ3n) is 4.18. The highest BCUT2D eigenvalue weighted by Crippen LogP contribution is 2.31. The van der Waals surface area contributed by atoms with E-state index < -0.39 is 5.97 Å². The molecule has 0 saturated carbocycles. The van der Waals surface area contributed by atoms with Crippen LogP contribution < -0.4 is 15.0 Å². The number of aryl methyl sites for hydroxylation is 1. The maximum atomic E-state index is 12.6. The monoisotopic (exact) mass is 434 g/mol. The lowest BCUT2D eigenvalue weighted by molar-refractivity contribution is 0.0605. The minimum absolute atomic E-state index is 0.204. The predicted octanol–water partition coefficient (Wildman–Crippen LogP) is 4.22. The zero-order valence-corrected chi connectivity index (χ0v) is 17.9. The standard InChI is InChI=1S/C20H19ClN2O5S/c1-5-28-14-9-11(6-7-13(14)26-3)8-12(21)17-22-18(24)15-10(2)16(20(25)27-4)29-19(15)23-17/h6-9H,5H2,1-4H3,(H,22,23,24)/b12-8-. The molecule has 0 saturated heterocycles. The van der Waals surface area contributed by atoms with Crippen molar-refractivity contribution in [3.05, 3.63) is 50.4 Å². The van der Waals surface area contributed by atoms with Crippen molar-refractivity contribution in [2.45, 2.75) is 13.8 Å².